The molecule has 3 aromatic rings. The quantitative estimate of drug-likeness (QED) is 0.375. The first-order chi connectivity index (χ1) is 17.8. The van der Waals surface area contributed by atoms with E-state index in [9.17, 15) is 24.6 Å². The van der Waals surface area contributed by atoms with Crippen LogP contribution in [0.3, 0.4) is 0 Å². The first-order valence-electron chi connectivity index (χ1n) is 12.0. The van der Waals surface area contributed by atoms with Gasteiger partial charge in [0.15, 0.2) is 17.1 Å². The molecule has 6 rings (SSSR count). The Morgan fingerprint density at radius 3 is 2.65 bits per heavy atom. The van der Waals surface area contributed by atoms with Gasteiger partial charge >= 0.3 is 5.97 Å². The van der Waals surface area contributed by atoms with Crippen molar-refractivity contribution in [2.24, 2.45) is 0 Å². The molecule has 0 fully saturated rings. The summed E-state index contributed by atoms with van der Waals surface area (Å²) in [6.45, 7) is 1.54. The number of carbonyl (C=O) groups excluding carboxylic acids is 2. The first-order valence-corrected chi connectivity index (χ1v) is 12.0. The third-order valence-electron chi connectivity index (χ3n) is 7.56. The van der Waals surface area contributed by atoms with Gasteiger partial charge in [0.05, 0.1) is 29.0 Å². The van der Waals surface area contributed by atoms with E-state index in [1.807, 2.05) is 6.07 Å². The zero-order chi connectivity index (χ0) is 26.1. The third kappa shape index (κ3) is 3.34. The number of esters is 1. The van der Waals surface area contributed by atoms with Crippen LogP contribution in [0.5, 0.6) is 11.5 Å². The molecule has 2 aromatic heterocycles. The lowest BCUT2D eigenvalue weighted by molar-refractivity contribution is -0.172. The SMILES string of the molecule is CCC1(O)C(=O)OCc2c1cc1n(c2=O)Cc2c-1nc1cc3c(cc1c2CCN(C)C(=O)CO)OCO3. The minimum Gasteiger partial charge on any atom is -0.458 e. The number of aliphatic hydroxyl groups excluding tert-OH is 1. The average Bonchev–Trinajstić information content (AvgIpc) is 3.51. The molecule has 3 aliphatic rings. The maximum absolute atomic E-state index is 13.6. The molecular weight excluding hydrogens is 482 g/mol. The van der Waals surface area contributed by atoms with Crippen LogP contribution in [0.1, 0.15) is 35.6 Å². The number of benzene rings is 1. The highest BCUT2D eigenvalue weighted by Crippen LogP contribution is 2.43. The molecule has 0 radical (unpaired) electrons. The van der Waals surface area contributed by atoms with Crippen molar-refractivity contribution in [1.29, 1.82) is 0 Å². The molecule has 0 bridgehead atoms. The number of cyclic esters (lactones) is 1. The summed E-state index contributed by atoms with van der Waals surface area (Å²) in [7, 11) is 1.62. The smallest absolute Gasteiger partial charge is 0.343 e. The van der Waals surface area contributed by atoms with Crippen molar-refractivity contribution >= 4 is 22.8 Å². The number of pyridine rings is 2. The van der Waals surface area contributed by atoms with E-state index in [1.54, 1.807) is 30.7 Å². The van der Waals surface area contributed by atoms with Gasteiger partial charge in [0.25, 0.3) is 5.56 Å². The number of rotatable bonds is 5. The zero-order valence-corrected chi connectivity index (χ0v) is 20.4. The molecule has 0 saturated carbocycles. The van der Waals surface area contributed by atoms with Gasteiger partial charge in [-0.25, -0.2) is 9.78 Å². The predicted molar refractivity (Wildman–Crippen MR) is 129 cm³/mol. The van der Waals surface area contributed by atoms with Crippen LogP contribution in [0.15, 0.2) is 23.0 Å². The van der Waals surface area contributed by atoms with E-state index in [1.165, 1.54) is 4.90 Å². The fourth-order valence-electron chi connectivity index (χ4n) is 5.36. The summed E-state index contributed by atoms with van der Waals surface area (Å²) in [5.41, 5.74) is 1.62. The van der Waals surface area contributed by atoms with Gasteiger partial charge in [-0.15, -0.1) is 0 Å². The lowest BCUT2D eigenvalue weighted by Gasteiger charge is -2.31. The molecule has 1 amide bonds. The van der Waals surface area contributed by atoms with Crippen molar-refractivity contribution in [3.05, 3.63) is 50.8 Å². The summed E-state index contributed by atoms with van der Waals surface area (Å²) in [5, 5.41) is 21.2. The van der Waals surface area contributed by atoms with E-state index in [4.69, 9.17) is 19.2 Å². The number of hydrogen-bond donors (Lipinski definition) is 2. The van der Waals surface area contributed by atoms with Crippen LogP contribution < -0.4 is 15.0 Å². The topological polar surface area (TPSA) is 140 Å². The molecule has 3 aliphatic heterocycles. The number of carbonyl (C=O) groups is 2. The summed E-state index contributed by atoms with van der Waals surface area (Å²) >= 11 is 0. The molecule has 0 spiro atoms. The Hall–Kier alpha value is -3.96. The molecule has 37 heavy (non-hydrogen) atoms. The number of fused-ring (bicyclic) bond motifs is 6. The number of hydrogen-bond acceptors (Lipinski definition) is 9. The molecule has 1 unspecified atom stereocenters. The third-order valence-corrected chi connectivity index (χ3v) is 7.56. The van der Waals surface area contributed by atoms with Crippen molar-refractivity contribution < 1.29 is 34.0 Å². The zero-order valence-electron chi connectivity index (χ0n) is 20.4. The lowest BCUT2D eigenvalue weighted by atomic mass is 9.86. The van der Waals surface area contributed by atoms with Crippen molar-refractivity contribution in [3.8, 4) is 22.9 Å². The van der Waals surface area contributed by atoms with Crippen molar-refractivity contribution in [3.63, 3.8) is 0 Å². The average molecular weight is 507 g/mol. The highest BCUT2D eigenvalue weighted by molar-refractivity contribution is 5.91. The fourth-order valence-corrected chi connectivity index (χ4v) is 5.36. The van der Waals surface area contributed by atoms with Gasteiger partial charge < -0.3 is 33.9 Å². The summed E-state index contributed by atoms with van der Waals surface area (Å²) in [6, 6.07) is 5.31. The summed E-state index contributed by atoms with van der Waals surface area (Å²) < 4.78 is 17.9. The van der Waals surface area contributed by atoms with Gasteiger partial charge in [0, 0.05) is 36.2 Å². The van der Waals surface area contributed by atoms with Crippen molar-refractivity contribution in [1.82, 2.24) is 14.5 Å². The molecule has 1 aromatic carbocycles. The number of amides is 1. The summed E-state index contributed by atoms with van der Waals surface area (Å²) in [4.78, 5) is 44.3. The normalized spacial score (nSPS) is 18.9. The minimum absolute atomic E-state index is 0.0552. The van der Waals surface area contributed by atoms with Crippen LogP contribution >= 0.6 is 0 Å². The van der Waals surface area contributed by atoms with Crippen LogP contribution in [-0.4, -0.2) is 63.5 Å². The summed E-state index contributed by atoms with van der Waals surface area (Å²) in [5.74, 6) is -0.0330. The highest BCUT2D eigenvalue weighted by Gasteiger charge is 2.45. The molecule has 2 N–H and O–H groups in total. The van der Waals surface area contributed by atoms with Crippen LogP contribution in [0.4, 0.5) is 0 Å². The molecule has 0 saturated heterocycles. The molecule has 11 heteroatoms. The predicted octanol–water partition coefficient (Wildman–Crippen LogP) is 0.801. The van der Waals surface area contributed by atoms with E-state index >= 15 is 0 Å². The largest absolute Gasteiger partial charge is 0.458 e. The molecule has 1 atom stereocenters. The number of likely N-dealkylation sites (N-methyl/N-ethyl adjacent to an activating group) is 1. The molecule has 11 nitrogen and oxygen atoms in total. The number of ether oxygens (including phenoxy) is 3. The van der Waals surface area contributed by atoms with Crippen LogP contribution in [0.25, 0.3) is 22.3 Å². The highest BCUT2D eigenvalue weighted by atomic mass is 16.7. The number of aliphatic hydroxyl groups is 2. The number of aromatic nitrogens is 2. The van der Waals surface area contributed by atoms with Crippen LogP contribution in [0.2, 0.25) is 0 Å². The molecule has 0 aliphatic carbocycles. The van der Waals surface area contributed by atoms with E-state index in [0.29, 0.717) is 41.4 Å². The Morgan fingerprint density at radius 1 is 1.16 bits per heavy atom. The Labute approximate surface area is 210 Å². The minimum atomic E-state index is -1.91. The van der Waals surface area contributed by atoms with Gasteiger partial charge in [-0.3, -0.25) is 9.59 Å². The number of nitrogens with zero attached hydrogens (tertiary/aromatic N) is 3. The van der Waals surface area contributed by atoms with E-state index in [-0.39, 0.29) is 43.1 Å². The molecule has 5 heterocycles. The van der Waals surface area contributed by atoms with Gasteiger partial charge in [-0.05, 0) is 30.5 Å². The van der Waals surface area contributed by atoms with Crippen LogP contribution in [-0.2, 0) is 39.5 Å². The molecular formula is C26H25N3O8. The second-order valence-corrected chi connectivity index (χ2v) is 9.47. The van der Waals surface area contributed by atoms with E-state index in [0.717, 1.165) is 16.5 Å². The fraction of sp³-hybridized carbons (Fsp3) is 0.385. The lowest BCUT2D eigenvalue weighted by Crippen LogP contribution is -2.44. The Bertz CT molecular complexity index is 1560. The van der Waals surface area contributed by atoms with Crippen molar-refractivity contribution in [2.75, 3.05) is 27.0 Å². The first kappa shape index (κ1) is 23.4. The van der Waals surface area contributed by atoms with E-state index < -0.39 is 24.1 Å². The molecule has 192 valence electrons. The summed E-state index contributed by atoms with van der Waals surface area (Å²) in [6.07, 6.45) is 0.492. The van der Waals surface area contributed by atoms with Gasteiger partial charge in [-0.2, -0.15) is 0 Å². The monoisotopic (exact) mass is 507 g/mol. The van der Waals surface area contributed by atoms with E-state index in [2.05, 4.69) is 0 Å². The standard InChI is InChI=1S/C26H25N3O8/c1-3-26(34)17-7-19-23-15(9-29(19)24(32)16(17)11-35-25(26)33)13(4-5-28(2)22(31)10-30)14-6-20-21(37-12-36-20)8-18(14)27-23/h6-8,30,34H,3-5,9-12H2,1-2H3. The Kier molecular flexibility index (Phi) is 5.25. The Morgan fingerprint density at radius 2 is 1.92 bits per heavy atom. The van der Waals surface area contributed by atoms with Gasteiger partial charge in [0.1, 0.15) is 13.2 Å². The maximum Gasteiger partial charge on any atom is 0.343 e. The second kappa shape index (κ2) is 8.29. The van der Waals surface area contributed by atoms with Crippen LogP contribution in [0, 0.1) is 0 Å². The van der Waals surface area contributed by atoms with Gasteiger partial charge in [-0.1, -0.05) is 6.92 Å². The van der Waals surface area contributed by atoms with Gasteiger partial charge in [0.2, 0.25) is 12.7 Å². The second-order valence-electron chi connectivity index (χ2n) is 9.47. The van der Waals surface area contributed by atoms with Crippen molar-refractivity contribution in [2.45, 2.75) is 38.5 Å². The maximum atomic E-state index is 13.6. The Balaban J connectivity index is 1.56.